The van der Waals surface area contributed by atoms with Gasteiger partial charge in [-0.2, -0.15) is 0 Å². The van der Waals surface area contributed by atoms with E-state index in [-0.39, 0.29) is 11.6 Å². The normalized spacial score (nSPS) is 13.3. The van der Waals surface area contributed by atoms with Gasteiger partial charge in [-0.1, -0.05) is 143 Å². The van der Waals surface area contributed by atoms with Gasteiger partial charge in [0, 0.05) is 11.0 Å². The van der Waals surface area contributed by atoms with Crippen LogP contribution in [0.4, 0.5) is 0 Å². The molecular formula is C37H51N3S. The number of aromatic nitrogens is 2. The third-order valence-corrected chi connectivity index (χ3v) is 10.1. The Hall–Kier alpha value is -2.56. The minimum Gasteiger partial charge on any atom is -0.344 e. The second-order valence-corrected chi connectivity index (χ2v) is 13.1. The lowest BCUT2D eigenvalue weighted by molar-refractivity contribution is 0.398. The quantitative estimate of drug-likeness (QED) is 0.145. The van der Waals surface area contributed by atoms with E-state index in [0.717, 1.165) is 5.52 Å². The Kier molecular flexibility index (Phi) is 11.1. The van der Waals surface area contributed by atoms with Crippen LogP contribution in [0.3, 0.4) is 0 Å². The molecule has 0 unspecified atom stereocenters. The van der Waals surface area contributed by atoms with Crippen molar-refractivity contribution in [2.75, 3.05) is 0 Å². The van der Waals surface area contributed by atoms with Gasteiger partial charge in [0.15, 0.2) is 0 Å². The number of nitrogens with zero attached hydrogens (tertiary/aromatic N) is 2. The first-order chi connectivity index (χ1) is 19.6. The van der Waals surface area contributed by atoms with E-state index in [4.69, 9.17) is 0 Å². The van der Waals surface area contributed by atoms with Crippen molar-refractivity contribution in [2.45, 2.75) is 123 Å². The second-order valence-electron chi connectivity index (χ2n) is 12.3. The van der Waals surface area contributed by atoms with Gasteiger partial charge < -0.3 is 6.15 Å². The summed E-state index contributed by atoms with van der Waals surface area (Å²) in [7, 11) is 0. The van der Waals surface area contributed by atoms with Gasteiger partial charge in [0.1, 0.15) is 5.52 Å². The molecule has 0 radical (unpaired) electrons. The van der Waals surface area contributed by atoms with Crippen LogP contribution >= 0.6 is 11.5 Å². The van der Waals surface area contributed by atoms with E-state index >= 15 is 0 Å². The molecule has 1 aliphatic rings. The number of unbranched alkanes of at least 4 members (excludes halogenated alkanes) is 10. The molecule has 3 N–H and O–H groups in total. The third kappa shape index (κ3) is 6.60. The Morgan fingerprint density at radius 2 is 1.20 bits per heavy atom. The standard InChI is InChI=1S/C37H48N2S.H3N/c1-5-7-9-11-13-15-23-37(24-16-14-12-10-8-6-2)33-25-27(3)17-20-31(33)32-22-19-29(26-34(32)37)30-21-18-28(4)35-36(30)40-39-38-35;/h17-22,25-26H,5-16,23-24H2,1-4H3;1H3. The van der Waals surface area contributed by atoms with Crippen molar-refractivity contribution in [3.05, 3.63) is 70.8 Å². The van der Waals surface area contributed by atoms with Crippen LogP contribution in [0.1, 0.15) is 126 Å². The smallest absolute Gasteiger partial charge is 0.109 e. The van der Waals surface area contributed by atoms with Crippen LogP contribution in [0.15, 0.2) is 48.5 Å². The highest BCUT2D eigenvalue weighted by atomic mass is 32.1. The molecular weight excluding hydrogens is 518 g/mol. The fraction of sp³-hybridized carbons (Fsp3) is 0.514. The van der Waals surface area contributed by atoms with E-state index in [0.29, 0.717) is 0 Å². The lowest BCUT2D eigenvalue weighted by Gasteiger charge is -2.33. The first-order valence-electron chi connectivity index (χ1n) is 16.1. The van der Waals surface area contributed by atoms with E-state index in [2.05, 4.69) is 85.8 Å². The highest BCUT2D eigenvalue weighted by Crippen LogP contribution is 2.55. The number of benzene rings is 3. The summed E-state index contributed by atoms with van der Waals surface area (Å²) in [5.74, 6) is 0. The summed E-state index contributed by atoms with van der Waals surface area (Å²) in [5, 5.41) is 4.46. The highest BCUT2D eigenvalue weighted by Gasteiger charge is 2.42. The molecule has 41 heavy (non-hydrogen) atoms. The monoisotopic (exact) mass is 569 g/mol. The SMILES string of the molecule is CCCCCCCCC1(CCCCCCCC)c2cc(C)ccc2-c2ccc(-c3ccc(C)c4nnsc34)cc21.N. The summed E-state index contributed by atoms with van der Waals surface area (Å²) >= 11 is 1.53. The summed E-state index contributed by atoms with van der Waals surface area (Å²) in [6.07, 6.45) is 18.7. The summed E-state index contributed by atoms with van der Waals surface area (Å²) in [6.45, 7) is 9.04. The van der Waals surface area contributed by atoms with Crippen molar-refractivity contribution in [1.82, 2.24) is 15.7 Å². The summed E-state index contributed by atoms with van der Waals surface area (Å²) in [5.41, 5.74) is 12.4. The molecule has 0 bridgehead atoms. The Morgan fingerprint density at radius 1 is 0.634 bits per heavy atom. The number of hydrogen-bond acceptors (Lipinski definition) is 4. The van der Waals surface area contributed by atoms with E-state index in [1.54, 1.807) is 11.1 Å². The van der Waals surface area contributed by atoms with Gasteiger partial charge in [0.25, 0.3) is 0 Å². The van der Waals surface area contributed by atoms with Crippen LogP contribution < -0.4 is 6.15 Å². The average Bonchev–Trinajstić information content (AvgIpc) is 3.55. The molecule has 0 amide bonds. The van der Waals surface area contributed by atoms with Crippen LogP contribution in [0.2, 0.25) is 0 Å². The lowest BCUT2D eigenvalue weighted by Crippen LogP contribution is -2.25. The fourth-order valence-electron chi connectivity index (χ4n) is 7.07. The molecule has 0 saturated carbocycles. The minimum atomic E-state index is 0. The molecule has 0 atom stereocenters. The van der Waals surface area contributed by atoms with Crippen molar-refractivity contribution in [3.63, 3.8) is 0 Å². The van der Waals surface area contributed by atoms with Crippen molar-refractivity contribution in [3.8, 4) is 22.3 Å². The maximum Gasteiger partial charge on any atom is 0.109 e. The molecule has 1 heterocycles. The van der Waals surface area contributed by atoms with Crippen LogP contribution in [-0.4, -0.2) is 9.59 Å². The number of rotatable bonds is 15. The van der Waals surface area contributed by atoms with Gasteiger partial charge in [-0.15, -0.1) is 5.10 Å². The molecule has 3 nitrogen and oxygen atoms in total. The van der Waals surface area contributed by atoms with Gasteiger partial charge in [-0.05, 0) is 77.7 Å². The maximum atomic E-state index is 4.46. The second kappa shape index (κ2) is 14.6. The molecule has 0 fully saturated rings. The molecule has 0 aliphatic heterocycles. The molecule has 4 aromatic rings. The molecule has 0 saturated heterocycles. The average molecular weight is 570 g/mol. The van der Waals surface area contributed by atoms with Crippen molar-refractivity contribution >= 4 is 21.7 Å². The molecule has 3 aromatic carbocycles. The highest BCUT2D eigenvalue weighted by molar-refractivity contribution is 7.13. The van der Waals surface area contributed by atoms with Gasteiger partial charge in [0.2, 0.25) is 0 Å². The number of fused-ring (bicyclic) bond motifs is 4. The molecule has 5 rings (SSSR count). The summed E-state index contributed by atoms with van der Waals surface area (Å²) in [6, 6.07) is 19.1. The maximum absolute atomic E-state index is 4.46. The van der Waals surface area contributed by atoms with E-state index in [9.17, 15) is 0 Å². The van der Waals surface area contributed by atoms with E-state index < -0.39 is 0 Å². The Morgan fingerprint density at radius 3 is 1.85 bits per heavy atom. The Labute approximate surface area is 252 Å². The van der Waals surface area contributed by atoms with Crippen LogP contribution in [0.5, 0.6) is 0 Å². The summed E-state index contributed by atoms with van der Waals surface area (Å²) < 4.78 is 5.54. The van der Waals surface area contributed by atoms with Gasteiger partial charge in [0.05, 0.1) is 4.70 Å². The van der Waals surface area contributed by atoms with E-state index in [1.807, 2.05) is 0 Å². The van der Waals surface area contributed by atoms with Crippen LogP contribution in [0, 0.1) is 13.8 Å². The third-order valence-electron chi connectivity index (χ3n) is 9.35. The van der Waals surface area contributed by atoms with Gasteiger partial charge in [-0.3, -0.25) is 0 Å². The fourth-order valence-corrected chi connectivity index (χ4v) is 7.85. The van der Waals surface area contributed by atoms with Gasteiger partial charge >= 0.3 is 0 Å². The topological polar surface area (TPSA) is 60.8 Å². The van der Waals surface area contributed by atoms with Crippen LogP contribution in [0.25, 0.3) is 32.5 Å². The van der Waals surface area contributed by atoms with Gasteiger partial charge in [-0.25, -0.2) is 0 Å². The zero-order valence-electron chi connectivity index (χ0n) is 26.0. The lowest BCUT2D eigenvalue weighted by atomic mass is 9.70. The zero-order valence-corrected chi connectivity index (χ0v) is 26.8. The van der Waals surface area contributed by atoms with E-state index in [1.165, 1.54) is 140 Å². The molecule has 1 aliphatic carbocycles. The van der Waals surface area contributed by atoms with Crippen LogP contribution in [-0.2, 0) is 5.41 Å². The van der Waals surface area contributed by atoms with Crippen molar-refractivity contribution in [2.24, 2.45) is 0 Å². The number of hydrogen-bond donors (Lipinski definition) is 1. The van der Waals surface area contributed by atoms with Crippen molar-refractivity contribution in [1.29, 1.82) is 0 Å². The predicted molar refractivity (Wildman–Crippen MR) is 180 cm³/mol. The summed E-state index contributed by atoms with van der Waals surface area (Å²) in [4.78, 5) is 0. The minimum absolute atomic E-state index is 0. The molecule has 0 spiro atoms. The number of aryl methyl sites for hydroxylation is 2. The first kappa shape index (κ1) is 31.4. The zero-order chi connectivity index (χ0) is 28.0. The Balaban J connectivity index is 0.00000387. The molecule has 220 valence electrons. The predicted octanol–water partition coefficient (Wildman–Crippen LogP) is 11.9. The van der Waals surface area contributed by atoms with Crippen molar-refractivity contribution < 1.29 is 0 Å². The largest absolute Gasteiger partial charge is 0.344 e. The first-order valence-corrected chi connectivity index (χ1v) is 16.8. The molecule has 4 heteroatoms. The Bertz CT molecular complexity index is 1400. The molecule has 1 aromatic heterocycles.